The molecular weight excluding hydrogens is 228 g/mol. The Morgan fingerprint density at radius 1 is 1.22 bits per heavy atom. The molecule has 0 spiro atoms. The third-order valence-corrected chi connectivity index (χ3v) is 2.89. The predicted molar refractivity (Wildman–Crippen MR) is 69.8 cm³/mol. The lowest BCUT2D eigenvalue weighted by molar-refractivity contribution is 0.0992. The van der Waals surface area contributed by atoms with Crippen LogP contribution in [0.2, 0.25) is 0 Å². The predicted octanol–water partition coefficient (Wildman–Crippen LogP) is 2.37. The second-order valence-electron chi connectivity index (χ2n) is 4.02. The third kappa shape index (κ3) is 2.18. The Kier molecular flexibility index (Phi) is 3.28. The topological polar surface area (TPSA) is 53.4 Å². The zero-order chi connectivity index (χ0) is 13.1. The van der Waals surface area contributed by atoms with Gasteiger partial charge in [0.25, 0.3) is 5.91 Å². The molecule has 4 heteroatoms. The molecule has 1 heterocycles. The van der Waals surface area contributed by atoms with Crippen LogP contribution in [0.4, 0.5) is 5.69 Å². The van der Waals surface area contributed by atoms with Gasteiger partial charge in [-0.1, -0.05) is 6.07 Å². The van der Waals surface area contributed by atoms with Crippen molar-refractivity contribution in [2.75, 3.05) is 11.9 Å². The molecule has 1 aromatic carbocycles. The van der Waals surface area contributed by atoms with E-state index in [2.05, 4.69) is 4.98 Å². The number of carbonyl (C=O) groups is 1. The largest absolute Gasteiger partial charge is 0.508 e. The number of aromatic hydroxyl groups is 1. The summed E-state index contributed by atoms with van der Waals surface area (Å²) in [7, 11) is 1.70. The van der Waals surface area contributed by atoms with Crippen molar-refractivity contribution in [2.45, 2.75) is 6.92 Å². The normalized spacial score (nSPS) is 10.1. The highest BCUT2D eigenvalue weighted by atomic mass is 16.3. The third-order valence-electron chi connectivity index (χ3n) is 2.89. The average molecular weight is 242 g/mol. The fraction of sp³-hybridized carbons (Fsp3) is 0.143. The second kappa shape index (κ2) is 4.87. The van der Waals surface area contributed by atoms with Crippen LogP contribution >= 0.6 is 0 Å². The van der Waals surface area contributed by atoms with E-state index in [4.69, 9.17) is 0 Å². The standard InChI is InChI=1S/C14H14N2O2/c1-10-12(4-3-5-13(10)17)14(18)16(2)11-6-8-15-9-7-11/h3-9,17H,1-2H3. The maximum absolute atomic E-state index is 12.3. The average Bonchev–Trinajstić information content (AvgIpc) is 2.41. The molecule has 4 nitrogen and oxygen atoms in total. The molecule has 0 unspecified atom stereocenters. The molecule has 0 aliphatic heterocycles. The van der Waals surface area contributed by atoms with Crippen molar-refractivity contribution in [3.8, 4) is 5.75 Å². The lowest BCUT2D eigenvalue weighted by atomic mass is 10.1. The molecule has 0 bridgehead atoms. The SMILES string of the molecule is Cc1c(O)cccc1C(=O)N(C)c1ccncc1. The molecule has 0 atom stereocenters. The molecule has 0 saturated carbocycles. The van der Waals surface area contributed by atoms with Gasteiger partial charge < -0.3 is 10.0 Å². The fourth-order valence-corrected chi connectivity index (χ4v) is 1.72. The van der Waals surface area contributed by atoms with Crippen molar-refractivity contribution in [2.24, 2.45) is 0 Å². The van der Waals surface area contributed by atoms with E-state index in [0.717, 1.165) is 5.69 Å². The summed E-state index contributed by atoms with van der Waals surface area (Å²) in [6.45, 7) is 1.73. The number of phenols is 1. The summed E-state index contributed by atoms with van der Waals surface area (Å²) >= 11 is 0. The molecular formula is C14H14N2O2. The van der Waals surface area contributed by atoms with Crippen LogP contribution in [0.25, 0.3) is 0 Å². The Labute approximate surface area is 106 Å². The highest BCUT2D eigenvalue weighted by molar-refractivity contribution is 6.06. The highest BCUT2D eigenvalue weighted by Gasteiger charge is 2.16. The van der Waals surface area contributed by atoms with Crippen LogP contribution in [0.1, 0.15) is 15.9 Å². The molecule has 1 aromatic heterocycles. The summed E-state index contributed by atoms with van der Waals surface area (Å²) in [5, 5.41) is 9.62. The summed E-state index contributed by atoms with van der Waals surface area (Å²) in [5.41, 5.74) is 1.84. The van der Waals surface area contributed by atoms with Crippen LogP contribution in [0.5, 0.6) is 5.75 Å². The van der Waals surface area contributed by atoms with Crippen molar-refractivity contribution in [3.05, 3.63) is 53.9 Å². The molecule has 0 aliphatic rings. The van der Waals surface area contributed by atoms with E-state index in [1.54, 1.807) is 56.7 Å². The molecule has 2 rings (SSSR count). The molecule has 1 N–H and O–H groups in total. The summed E-state index contributed by atoms with van der Waals surface area (Å²) in [6.07, 6.45) is 3.27. The van der Waals surface area contributed by atoms with Crippen LogP contribution in [0.15, 0.2) is 42.7 Å². The van der Waals surface area contributed by atoms with Gasteiger partial charge in [-0.05, 0) is 31.2 Å². The zero-order valence-corrected chi connectivity index (χ0v) is 10.3. The minimum Gasteiger partial charge on any atom is -0.508 e. The first-order chi connectivity index (χ1) is 8.61. The smallest absolute Gasteiger partial charge is 0.258 e. The summed E-state index contributed by atoms with van der Waals surface area (Å²) in [4.78, 5) is 17.8. The number of aromatic nitrogens is 1. The van der Waals surface area contributed by atoms with Crippen molar-refractivity contribution < 1.29 is 9.90 Å². The molecule has 18 heavy (non-hydrogen) atoms. The Morgan fingerprint density at radius 3 is 2.56 bits per heavy atom. The second-order valence-corrected chi connectivity index (χ2v) is 4.02. The van der Waals surface area contributed by atoms with Crippen molar-refractivity contribution >= 4 is 11.6 Å². The first-order valence-electron chi connectivity index (χ1n) is 5.58. The maximum Gasteiger partial charge on any atom is 0.258 e. The number of hydrogen-bond acceptors (Lipinski definition) is 3. The lowest BCUT2D eigenvalue weighted by Crippen LogP contribution is -2.26. The van der Waals surface area contributed by atoms with Crippen LogP contribution in [0.3, 0.4) is 0 Å². The zero-order valence-electron chi connectivity index (χ0n) is 10.3. The van der Waals surface area contributed by atoms with E-state index in [1.165, 1.54) is 4.90 Å². The van der Waals surface area contributed by atoms with E-state index in [1.807, 2.05) is 0 Å². The van der Waals surface area contributed by atoms with Gasteiger partial charge in [0.15, 0.2) is 0 Å². The van der Waals surface area contributed by atoms with Crippen molar-refractivity contribution in [3.63, 3.8) is 0 Å². The van der Waals surface area contributed by atoms with Crippen molar-refractivity contribution in [1.82, 2.24) is 4.98 Å². The van der Waals surface area contributed by atoms with Crippen LogP contribution in [-0.4, -0.2) is 23.0 Å². The molecule has 2 aromatic rings. The van der Waals surface area contributed by atoms with Gasteiger partial charge in [0.05, 0.1) is 0 Å². The molecule has 0 saturated heterocycles. The Bertz CT molecular complexity index is 567. The Morgan fingerprint density at radius 2 is 1.89 bits per heavy atom. The van der Waals surface area contributed by atoms with E-state index >= 15 is 0 Å². The van der Waals surface area contributed by atoms with Gasteiger partial charge in [0.2, 0.25) is 0 Å². The summed E-state index contributed by atoms with van der Waals surface area (Å²) in [6, 6.07) is 8.45. The Balaban J connectivity index is 2.35. The molecule has 1 amide bonds. The number of phenolic OH excluding ortho intramolecular Hbond substituents is 1. The minimum absolute atomic E-state index is 0.129. The highest BCUT2D eigenvalue weighted by Crippen LogP contribution is 2.22. The van der Waals surface area contributed by atoms with E-state index in [-0.39, 0.29) is 11.7 Å². The first kappa shape index (κ1) is 12.1. The van der Waals surface area contributed by atoms with Gasteiger partial charge in [-0.3, -0.25) is 9.78 Å². The molecule has 0 fully saturated rings. The minimum atomic E-state index is -0.158. The summed E-state index contributed by atoms with van der Waals surface area (Å²) in [5.74, 6) is -0.0291. The number of hydrogen-bond donors (Lipinski definition) is 1. The quantitative estimate of drug-likeness (QED) is 0.879. The maximum atomic E-state index is 12.3. The fourth-order valence-electron chi connectivity index (χ4n) is 1.72. The Hall–Kier alpha value is -2.36. The molecule has 0 aliphatic carbocycles. The van der Waals surface area contributed by atoms with Crippen molar-refractivity contribution in [1.29, 1.82) is 0 Å². The number of amides is 1. The number of anilines is 1. The number of pyridine rings is 1. The van der Waals surface area contributed by atoms with E-state index in [9.17, 15) is 9.90 Å². The number of benzene rings is 1. The molecule has 0 radical (unpaired) electrons. The molecule has 92 valence electrons. The van der Waals surface area contributed by atoms with Gasteiger partial charge in [-0.25, -0.2) is 0 Å². The van der Waals surface area contributed by atoms with E-state index in [0.29, 0.717) is 11.1 Å². The number of carbonyl (C=O) groups excluding carboxylic acids is 1. The van der Waals surface area contributed by atoms with Gasteiger partial charge in [0, 0.05) is 36.3 Å². The van der Waals surface area contributed by atoms with Crippen LogP contribution < -0.4 is 4.90 Å². The van der Waals surface area contributed by atoms with Gasteiger partial charge >= 0.3 is 0 Å². The monoisotopic (exact) mass is 242 g/mol. The van der Waals surface area contributed by atoms with Gasteiger partial charge in [-0.2, -0.15) is 0 Å². The van der Waals surface area contributed by atoms with Crippen LogP contribution in [-0.2, 0) is 0 Å². The number of rotatable bonds is 2. The summed E-state index contributed by atoms with van der Waals surface area (Å²) < 4.78 is 0. The number of nitrogens with zero attached hydrogens (tertiary/aromatic N) is 2. The first-order valence-corrected chi connectivity index (χ1v) is 5.58. The van der Waals surface area contributed by atoms with Crippen LogP contribution in [0, 0.1) is 6.92 Å². The van der Waals surface area contributed by atoms with Gasteiger partial charge in [0.1, 0.15) is 5.75 Å². The van der Waals surface area contributed by atoms with E-state index < -0.39 is 0 Å². The van der Waals surface area contributed by atoms with Gasteiger partial charge in [-0.15, -0.1) is 0 Å². The lowest BCUT2D eigenvalue weighted by Gasteiger charge is -2.18.